The first kappa shape index (κ1) is 13.8. The Hall–Kier alpha value is -1.60. The van der Waals surface area contributed by atoms with E-state index in [1.165, 1.54) is 11.1 Å². The average molecular weight is 273 g/mol. The number of benzene rings is 2. The van der Waals surface area contributed by atoms with Gasteiger partial charge in [0, 0.05) is 17.9 Å². The van der Waals surface area contributed by atoms with Gasteiger partial charge in [-0.15, -0.1) is 0 Å². The van der Waals surface area contributed by atoms with Crippen LogP contribution in [0.3, 0.4) is 0 Å². The average Bonchev–Trinajstić information content (AvgIpc) is 2.34. The first-order valence-corrected chi connectivity index (χ1v) is 6.75. The number of aryl methyl sites for hydroxylation is 2. The van der Waals surface area contributed by atoms with Crippen molar-refractivity contribution in [1.29, 1.82) is 0 Å². The lowest BCUT2D eigenvalue weighted by molar-refractivity contribution is -0.117. The van der Waals surface area contributed by atoms with Crippen LogP contribution in [-0.2, 0) is 17.6 Å². The van der Waals surface area contributed by atoms with Crippen molar-refractivity contribution in [3.05, 3.63) is 69.7 Å². The van der Waals surface area contributed by atoms with E-state index in [2.05, 4.69) is 26.0 Å². The molecule has 0 bridgehead atoms. The van der Waals surface area contributed by atoms with Crippen LogP contribution < -0.4 is 0 Å². The first-order chi connectivity index (χ1) is 9.06. The summed E-state index contributed by atoms with van der Waals surface area (Å²) in [5.74, 6) is 0.222. The van der Waals surface area contributed by atoms with Crippen LogP contribution in [0.5, 0.6) is 0 Å². The molecule has 0 radical (unpaired) electrons. The van der Waals surface area contributed by atoms with Crippen molar-refractivity contribution >= 4 is 17.4 Å². The van der Waals surface area contributed by atoms with Gasteiger partial charge in [0.15, 0.2) is 0 Å². The molecule has 0 aliphatic heterocycles. The number of Topliss-reactive ketones (excluding diaryl/α,β-unsaturated/α-hetero) is 1. The van der Waals surface area contributed by atoms with Crippen LogP contribution in [-0.4, -0.2) is 5.78 Å². The summed E-state index contributed by atoms with van der Waals surface area (Å²) < 4.78 is 0. The van der Waals surface area contributed by atoms with E-state index < -0.39 is 0 Å². The molecule has 0 unspecified atom stereocenters. The monoisotopic (exact) mass is 272 g/mol. The van der Waals surface area contributed by atoms with Crippen molar-refractivity contribution in [2.24, 2.45) is 0 Å². The number of carbonyl (C=O) groups excluding carboxylic acids is 1. The quantitative estimate of drug-likeness (QED) is 0.810. The largest absolute Gasteiger partial charge is 0.299 e. The molecule has 0 spiro atoms. The lowest BCUT2D eigenvalue weighted by Crippen LogP contribution is -2.09. The second kappa shape index (κ2) is 6.03. The third kappa shape index (κ3) is 3.68. The lowest BCUT2D eigenvalue weighted by atomic mass is 9.96. The standard InChI is InChI=1S/C17H17ClO/c1-12-5-3-6-13(2)17(12)11-16(19)10-14-7-4-8-15(18)9-14/h3-9H,10-11H2,1-2H3. The Morgan fingerprint density at radius 2 is 1.63 bits per heavy atom. The molecule has 0 fully saturated rings. The van der Waals surface area contributed by atoms with Gasteiger partial charge in [0.1, 0.15) is 5.78 Å². The molecule has 0 aliphatic rings. The summed E-state index contributed by atoms with van der Waals surface area (Å²) in [6.45, 7) is 4.10. The van der Waals surface area contributed by atoms with Gasteiger partial charge >= 0.3 is 0 Å². The zero-order valence-electron chi connectivity index (χ0n) is 11.2. The number of hydrogen-bond acceptors (Lipinski definition) is 1. The van der Waals surface area contributed by atoms with Gasteiger partial charge in [0.25, 0.3) is 0 Å². The Morgan fingerprint density at radius 3 is 2.26 bits per heavy atom. The van der Waals surface area contributed by atoms with Crippen molar-refractivity contribution in [2.45, 2.75) is 26.7 Å². The fourth-order valence-corrected chi connectivity index (χ4v) is 2.47. The maximum atomic E-state index is 12.2. The zero-order valence-corrected chi connectivity index (χ0v) is 12.0. The highest BCUT2D eigenvalue weighted by atomic mass is 35.5. The minimum atomic E-state index is 0.222. The zero-order chi connectivity index (χ0) is 13.8. The summed E-state index contributed by atoms with van der Waals surface area (Å²) >= 11 is 5.93. The maximum Gasteiger partial charge on any atom is 0.141 e. The minimum absolute atomic E-state index is 0.222. The van der Waals surface area contributed by atoms with E-state index in [9.17, 15) is 4.79 Å². The summed E-state index contributed by atoms with van der Waals surface area (Å²) in [6.07, 6.45) is 0.930. The van der Waals surface area contributed by atoms with Crippen LogP contribution in [0.1, 0.15) is 22.3 Å². The van der Waals surface area contributed by atoms with E-state index in [-0.39, 0.29) is 5.78 Å². The Balaban J connectivity index is 2.10. The van der Waals surface area contributed by atoms with Crippen molar-refractivity contribution < 1.29 is 4.79 Å². The Bertz CT molecular complexity index is 582. The van der Waals surface area contributed by atoms with Crippen molar-refractivity contribution in [3.8, 4) is 0 Å². The normalized spacial score (nSPS) is 10.5. The van der Waals surface area contributed by atoms with Gasteiger partial charge in [0.05, 0.1) is 0 Å². The third-order valence-electron chi connectivity index (χ3n) is 3.31. The smallest absolute Gasteiger partial charge is 0.141 e. The SMILES string of the molecule is Cc1cccc(C)c1CC(=O)Cc1cccc(Cl)c1. The predicted octanol–water partition coefficient (Wildman–Crippen LogP) is 4.31. The van der Waals surface area contributed by atoms with Crippen LogP contribution in [0.2, 0.25) is 5.02 Å². The number of carbonyl (C=O) groups is 1. The molecule has 19 heavy (non-hydrogen) atoms. The van der Waals surface area contributed by atoms with Crippen LogP contribution in [0.25, 0.3) is 0 Å². The molecule has 0 N–H and O–H groups in total. The number of hydrogen-bond donors (Lipinski definition) is 0. The molecular formula is C17H17ClO. The van der Waals surface area contributed by atoms with Crippen LogP contribution >= 0.6 is 11.6 Å². The Kier molecular flexibility index (Phi) is 4.39. The van der Waals surface area contributed by atoms with Gasteiger partial charge in [0.2, 0.25) is 0 Å². The molecular weight excluding hydrogens is 256 g/mol. The van der Waals surface area contributed by atoms with E-state index in [1.807, 2.05) is 30.3 Å². The number of halogens is 1. The van der Waals surface area contributed by atoms with E-state index >= 15 is 0 Å². The second-order valence-electron chi connectivity index (χ2n) is 4.89. The van der Waals surface area contributed by atoms with Gasteiger partial charge in [-0.2, -0.15) is 0 Å². The van der Waals surface area contributed by atoms with Crippen molar-refractivity contribution in [1.82, 2.24) is 0 Å². The molecule has 1 nitrogen and oxygen atoms in total. The van der Waals surface area contributed by atoms with Gasteiger partial charge < -0.3 is 0 Å². The van der Waals surface area contributed by atoms with Crippen LogP contribution in [0.15, 0.2) is 42.5 Å². The first-order valence-electron chi connectivity index (χ1n) is 6.37. The molecule has 0 saturated heterocycles. The predicted molar refractivity (Wildman–Crippen MR) is 79.8 cm³/mol. The molecule has 98 valence electrons. The molecule has 2 heteroatoms. The lowest BCUT2D eigenvalue weighted by Gasteiger charge is -2.09. The molecule has 0 aliphatic carbocycles. The summed E-state index contributed by atoms with van der Waals surface area (Å²) in [5, 5.41) is 0.678. The van der Waals surface area contributed by atoms with E-state index in [0.29, 0.717) is 17.9 Å². The molecule has 2 rings (SSSR count). The highest BCUT2D eigenvalue weighted by Gasteiger charge is 2.09. The minimum Gasteiger partial charge on any atom is -0.299 e. The molecule has 0 saturated carbocycles. The van der Waals surface area contributed by atoms with Crippen LogP contribution in [0.4, 0.5) is 0 Å². The van der Waals surface area contributed by atoms with Gasteiger partial charge in [-0.25, -0.2) is 0 Å². The van der Waals surface area contributed by atoms with Gasteiger partial charge in [-0.05, 0) is 48.2 Å². The Labute approximate surface area is 119 Å². The summed E-state index contributed by atoms with van der Waals surface area (Å²) in [7, 11) is 0. The molecule has 0 aromatic heterocycles. The van der Waals surface area contributed by atoms with Gasteiger partial charge in [-0.3, -0.25) is 4.79 Å². The van der Waals surface area contributed by atoms with E-state index in [4.69, 9.17) is 11.6 Å². The topological polar surface area (TPSA) is 17.1 Å². The van der Waals surface area contributed by atoms with E-state index in [1.54, 1.807) is 0 Å². The summed E-state index contributed by atoms with van der Waals surface area (Å²) in [6, 6.07) is 13.6. The third-order valence-corrected chi connectivity index (χ3v) is 3.54. The second-order valence-corrected chi connectivity index (χ2v) is 5.33. The van der Waals surface area contributed by atoms with Crippen molar-refractivity contribution in [2.75, 3.05) is 0 Å². The highest BCUT2D eigenvalue weighted by molar-refractivity contribution is 6.30. The summed E-state index contributed by atoms with van der Waals surface area (Å²) in [5.41, 5.74) is 4.48. The molecule has 2 aromatic rings. The molecule has 0 heterocycles. The fourth-order valence-electron chi connectivity index (χ4n) is 2.26. The van der Waals surface area contributed by atoms with Crippen molar-refractivity contribution in [3.63, 3.8) is 0 Å². The summed E-state index contributed by atoms with van der Waals surface area (Å²) in [4.78, 5) is 12.2. The Morgan fingerprint density at radius 1 is 1.00 bits per heavy atom. The van der Waals surface area contributed by atoms with E-state index in [0.717, 1.165) is 11.1 Å². The van der Waals surface area contributed by atoms with Gasteiger partial charge in [-0.1, -0.05) is 41.9 Å². The molecule has 0 amide bonds. The number of ketones is 1. The number of rotatable bonds is 4. The molecule has 0 atom stereocenters. The highest BCUT2D eigenvalue weighted by Crippen LogP contribution is 2.16. The van der Waals surface area contributed by atoms with Crippen LogP contribution in [0, 0.1) is 13.8 Å². The maximum absolute atomic E-state index is 12.2. The fraction of sp³-hybridized carbons (Fsp3) is 0.235. The molecule has 2 aromatic carbocycles.